The largest absolute Gasteiger partial charge is 0.454 e. The molecule has 2 aromatic carbocycles. The second-order valence-corrected chi connectivity index (χ2v) is 6.66. The molecule has 1 N–H and O–H groups in total. The van der Waals surface area contributed by atoms with E-state index in [1.54, 1.807) is 0 Å². The maximum Gasteiger partial charge on any atom is 0.231 e. The van der Waals surface area contributed by atoms with E-state index < -0.39 is 0 Å². The van der Waals surface area contributed by atoms with Gasteiger partial charge < -0.3 is 19.7 Å². The van der Waals surface area contributed by atoms with Crippen molar-refractivity contribution in [2.45, 2.75) is 6.92 Å². The molecule has 2 heterocycles. The van der Waals surface area contributed by atoms with Crippen LogP contribution in [0.4, 0.5) is 11.4 Å². The van der Waals surface area contributed by atoms with Gasteiger partial charge in [-0.1, -0.05) is 12.1 Å². The second kappa shape index (κ2) is 7.23. The molecule has 0 aromatic heterocycles. The first-order valence-electron chi connectivity index (χ1n) is 8.95. The Balaban J connectivity index is 1.23. The van der Waals surface area contributed by atoms with Gasteiger partial charge in [0.15, 0.2) is 11.5 Å². The minimum atomic E-state index is 0.323. The average molecular weight is 339 g/mol. The summed E-state index contributed by atoms with van der Waals surface area (Å²) < 4.78 is 10.8. The van der Waals surface area contributed by atoms with Gasteiger partial charge in [-0.2, -0.15) is 0 Å². The molecule has 0 amide bonds. The molecule has 132 valence electrons. The van der Waals surface area contributed by atoms with E-state index in [2.05, 4.69) is 46.3 Å². The lowest BCUT2D eigenvalue weighted by molar-refractivity contribution is 0.174. The molecule has 4 rings (SSSR count). The molecule has 1 saturated heterocycles. The van der Waals surface area contributed by atoms with Crippen LogP contribution >= 0.6 is 0 Å². The first-order valence-corrected chi connectivity index (χ1v) is 8.95. The van der Waals surface area contributed by atoms with Crippen LogP contribution in [0.1, 0.15) is 5.56 Å². The van der Waals surface area contributed by atoms with Gasteiger partial charge in [0.05, 0.1) is 0 Å². The molecule has 0 atom stereocenters. The molecule has 0 unspecified atom stereocenters. The third-order valence-corrected chi connectivity index (χ3v) is 4.87. The molecule has 0 saturated carbocycles. The number of piperazine rings is 1. The maximum atomic E-state index is 5.42. The van der Waals surface area contributed by atoms with Crippen LogP contribution in [-0.4, -0.2) is 51.0 Å². The smallest absolute Gasteiger partial charge is 0.231 e. The third-order valence-electron chi connectivity index (χ3n) is 4.87. The molecule has 2 aliphatic heterocycles. The maximum absolute atomic E-state index is 5.42. The summed E-state index contributed by atoms with van der Waals surface area (Å²) in [7, 11) is 0. The summed E-state index contributed by atoms with van der Waals surface area (Å²) in [5, 5.41) is 3.48. The number of nitrogens with one attached hydrogen (secondary N) is 1. The van der Waals surface area contributed by atoms with E-state index in [0.29, 0.717) is 6.79 Å². The number of hydrogen-bond donors (Lipinski definition) is 1. The molecule has 0 aliphatic carbocycles. The number of fused-ring (bicyclic) bond motifs is 1. The summed E-state index contributed by atoms with van der Waals surface area (Å²) in [6, 6.07) is 14.8. The number of ether oxygens (including phenoxy) is 2. The number of rotatable bonds is 5. The Kier molecular flexibility index (Phi) is 4.65. The van der Waals surface area contributed by atoms with Gasteiger partial charge in [0.25, 0.3) is 0 Å². The van der Waals surface area contributed by atoms with Crippen LogP contribution in [0.15, 0.2) is 42.5 Å². The molecule has 2 aromatic rings. The van der Waals surface area contributed by atoms with E-state index in [-0.39, 0.29) is 0 Å². The first-order chi connectivity index (χ1) is 12.3. The number of nitrogens with zero attached hydrogens (tertiary/aromatic N) is 2. The Morgan fingerprint density at radius 2 is 1.80 bits per heavy atom. The molecule has 0 radical (unpaired) electrons. The van der Waals surface area contributed by atoms with Crippen molar-refractivity contribution < 1.29 is 9.47 Å². The predicted octanol–water partition coefficient (Wildman–Crippen LogP) is 2.96. The third kappa shape index (κ3) is 3.82. The van der Waals surface area contributed by atoms with E-state index in [0.717, 1.165) is 56.5 Å². The van der Waals surface area contributed by atoms with Gasteiger partial charge in [-0.05, 0) is 36.8 Å². The number of benzene rings is 2. The fourth-order valence-electron chi connectivity index (χ4n) is 3.42. The summed E-state index contributed by atoms with van der Waals surface area (Å²) in [6.45, 7) is 8.86. The zero-order valence-corrected chi connectivity index (χ0v) is 14.7. The van der Waals surface area contributed by atoms with Crippen molar-refractivity contribution >= 4 is 11.4 Å². The summed E-state index contributed by atoms with van der Waals surface area (Å²) in [4.78, 5) is 5.00. The molecule has 1 fully saturated rings. The van der Waals surface area contributed by atoms with Crippen molar-refractivity contribution in [2.24, 2.45) is 0 Å². The molecule has 0 spiro atoms. The Bertz CT molecular complexity index is 727. The highest BCUT2D eigenvalue weighted by molar-refractivity contribution is 5.55. The quantitative estimate of drug-likeness (QED) is 0.906. The van der Waals surface area contributed by atoms with E-state index in [4.69, 9.17) is 9.47 Å². The topological polar surface area (TPSA) is 37.0 Å². The molecule has 2 aliphatic rings. The highest BCUT2D eigenvalue weighted by Gasteiger charge is 2.17. The summed E-state index contributed by atoms with van der Waals surface area (Å²) in [5.74, 6) is 1.66. The van der Waals surface area contributed by atoms with Crippen LogP contribution in [0.25, 0.3) is 0 Å². The summed E-state index contributed by atoms with van der Waals surface area (Å²) >= 11 is 0. The van der Waals surface area contributed by atoms with Gasteiger partial charge in [0, 0.05) is 56.7 Å². The van der Waals surface area contributed by atoms with Crippen LogP contribution in [0.3, 0.4) is 0 Å². The van der Waals surface area contributed by atoms with Gasteiger partial charge in [-0.15, -0.1) is 0 Å². The van der Waals surface area contributed by atoms with Gasteiger partial charge in [0.1, 0.15) is 0 Å². The van der Waals surface area contributed by atoms with Crippen LogP contribution in [0.2, 0.25) is 0 Å². The lowest BCUT2D eigenvalue weighted by Crippen LogP contribution is -2.47. The second-order valence-electron chi connectivity index (χ2n) is 6.66. The van der Waals surface area contributed by atoms with Gasteiger partial charge in [0.2, 0.25) is 6.79 Å². The number of hydrogen-bond acceptors (Lipinski definition) is 5. The van der Waals surface area contributed by atoms with E-state index in [1.165, 1.54) is 11.3 Å². The van der Waals surface area contributed by atoms with Crippen LogP contribution in [-0.2, 0) is 0 Å². The normalized spacial score (nSPS) is 16.9. The van der Waals surface area contributed by atoms with Crippen molar-refractivity contribution in [3.05, 3.63) is 48.0 Å². The Morgan fingerprint density at radius 1 is 0.960 bits per heavy atom. The Hall–Kier alpha value is -2.40. The summed E-state index contributed by atoms with van der Waals surface area (Å²) in [6.07, 6.45) is 0. The van der Waals surface area contributed by atoms with Crippen LogP contribution in [0, 0.1) is 6.92 Å². The Morgan fingerprint density at radius 3 is 2.64 bits per heavy atom. The van der Waals surface area contributed by atoms with E-state index in [1.807, 2.05) is 18.2 Å². The van der Waals surface area contributed by atoms with Crippen LogP contribution in [0.5, 0.6) is 11.5 Å². The SMILES string of the molecule is Cc1cccc(N2CCN(CCNc3ccc4c(c3)OCO4)CC2)c1. The van der Waals surface area contributed by atoms with Crippen molar-refractivity contribution in [1.29, 1.82) is 0 Å². The van der Waals surface area contributed by atoms with Gasteiger partial charge >= 0.3 is 0 Å². The minimum absolute atomic E-state index is 0.323. The fraction of sp³-hybridized carbons (Fsp3) is 0.400. The molecule has 0 bridgehead atoms. The fourth-order valence-corrected chi connectivity index (χ4v) is 3.42. The predicted molar refractivity (Wildman–Crippen MR) is 101 cm³/mol. The molecular formula is C20H25N3O2. The van der Waals surface area contributed by atoms with Crippen molar-refractivity contribution in [1.82, 2.24) is 4.90 Å². The van der Waals surface area contributed by atoms with Crippen molar-refractivity contribution in [3.8, 4) is 11.5 Å². The standard InChI is InChI=1S/C20H25N3O2/c1-16-3-2-4-18(13-16)23-11-9-22(10-12-23)8-7-21-17-5-6-19-20(14-17)25-15-24-19/h2-6,13-14,21H,7-12,15H2,1H3. The average Bonchev–Trinajstić information content (AvgIpc) is 3.10. The zero-order valence-electron chi connectivity index (χ0n) is 14.7. The van der Waals surface area contributed by atoms with Crippen molar-refractivity contribution in [2.75, 3.05) is 56.3 Å². The minimum Gasteiger partial charge on any atom is -0.454 e. The highest BCUT2D eigenvalue weighted by atomic mass is 16.7. The molecular weight excluding hydrogens is 314 g/mol. The highest BCUT2D eigenvalue weighted by Crippen LogP contribution is 2.34. The lowest BCUT2D eigenvalue weighted by Gasteiger charge is -2.36. The molecule has 25 heavy (non-hydrogen) atoms. The van der Waals surface area contributed by atoms with Crippen LogP contribution < -0.4 is 19.7 Å². The van der Waals surface area contributed by atoms with Gasteiger partial charge in [-0.25, -0.2) is 0 Å². The zero-order chi connectivity index (χ0) is 17.1. The van der Waals surface area contributed by atoms with E-state index >= 15 is 0 Å². The summed E-state index contributed by atoms with van der Waals surface area (Å²) in [5.41, 5.74) is 3.76. The monoisotopic (exact) mass is 339 g/mol. The van der Waals surface area contributed by atoms with Crippen molar-refractivity contribution in [3.63, 3.8) is 0 Å². The molecule has 5 heteroatoms. The number of aryl methyl sites for hydroxylation is 1. The van der Waals surface area contributed by atoms with Gasteiger partial charge in [-0.3, -0.25) is 4.90 Å². The lowest BCUT2D eigenvalue weighted by atomic mass is 10.2. The molecule has 5 nitrogen and oxygen atoms in total. The first kappa shape index (κ1) is 16.1. The number of anilines is 2. The Labute approximate surface area is 149 Å². The van der Waals surface area contributed by atoms with E-state index in [9.17, 15) is 0 Å².